The van der Waals surface area contributed by atoms with E-state index in [1.807, 2.05) is 4.98 Å². The number of benzene rings is 1. The maximum absolute atomic E-state index is 15.9. The fourth-order valence-electron chi connectivity index (χ4n) is 3.46. The van der Waals surface area contributed by atoms with Crippen molar-refractivity contribution in [1.29, 1.82) is 5.26 Å². The van der Waals surface area contributed by atoms with Gasteiger partial charge in [-0.3, -0.25) is 28.4 Å². The average molecular weight is 556 g/mol. The average Bonchev–Trinajstić information content (AvgIpc) is 3.05. The number of aliphatic hydroxyl groups excluding tert-OH is 2. The van der Waals surface area contributed by atoms with E-state index in [4.69, 9.17) is 18.5 Å². The first kappa shape index (κ1) is 29.2. The first-order valence-electron chi connectivity index (χ1n) is 11.2. The molecule has 6 atom stereocenters. The summed E-state index contributed by atoms with van der Waals surface area (Å²) < 4.78 is 50.5. The van der Waals surface area contributed by atoms with Gasteiger partial charge >= 0.3 is 19.4 Å². The Hall–Kier alpha value is -3.38. The van der Waals surface area contributed by atoms with Gasteiger partial charge < -0.3 is 19.5 Å². The zero-order valence-electron chi connectivity index (χ0n) is 20.4. The predicted molar refractivity (Wildman–Crippen MR) is 126 cm³/mol. The first-order valence-corrected chi connectivity index (χ1v) is 12.8. The molecule has 1 aromatic heterocycles. The molecule has 206 valence electrons. The fourth-order valence-corrected chi connectivity index (χ4v) is 4.97. The molecule has 2 aromatic rings. The molecule has 0 amide bonds. The smallest absolute Gasteiger partial charge is 0.459 e. The van der Waals surface area contributed by atoms with Gasteiger partial charge in [-0.15, -0.1) is 0 Å². The molecular weight excluding hydrogens is 530 g/mol. The molecule has 14 nitrogen and oxygen atoms in total. The van der Waals surface area contributed by atoms with Crippen LogP contribution < -0.4 is 20.9 Å². The third kappa shape index (κ3) is 6.02. The van der Waals surface area contributed by atoms with E-state index in [1.54, 1.807) is 19.9 Å². The lowest BCUT2D eigenvalue weighted by molar-refractivity contribution is -0.225. The van der Waals surface area contributed by atoms with Gasteiger partial charge in [-0.25, -0.2) is 13.8 Å². The molecule has 3 rings (SSSR count). The summed E-state index contributed by atoms with van der Waals surface area (Å²) in [6.07, 6.45) is -4.61. The number of aromatic amines is 1. The standard InChI is InChI=1S/C22H26FN4O10P/c1-13(2)35-19(31)14(3)26-38(33,36-15-7-5-4-6-8-15)34-12-21(23)17(29)18(30)22(11-24,37-21)27-10-9-16(28)25-20(27)32/h4-10,13-14,17-18,29-30H,12H2,1-3H3,(H,26,33)(H,25,28,32)/t14-,17?,18-,21+,22+,38-/m0/s1. The Balaban J connectivity index is 1.90. The van der Waals surface area contributed by atoms with E-state index in [9.17, 15) is 34.4 Å². The molecule has 4 N–H and O–H groups in total. The van der Waals surface area contributed by atoms with Crippen molar-refractivity contribution in [3.63, 3.8) is 0 Å². The third-order valence-corrected chi connectivity index (χ3v) is 6.89. The van der Waals surface area contributed by atoms with Gasteiger partial charge in [0.1, 0.15) is 36.7 Å². The van der Waals surface area contributed by atoms with Crippen molar-refractivity contribution in [2.75, 3.05) is 6.61 Å². The Bertz CT molecular complexity index is 1360. The van der Waals surface area contributed by atoms with Crippen LogP contribution in [0, 0.1) is 11.3 Å². The quantitative estimate of drug-likeness (QED) is 0.230. The van der Waals surface area contributed by atoms with Gasteiger partial charge in [0, 0.05) is 12.3 Å². The number of ether oxygens (including phenoxy) is 2. The molecule has 1 fully saturated rings. The van der Waals surface area contributed by atoms with Gasteiger partial charge in [0.2, 0.25) is 0 Å². The van der Waals surface area contributed by atoms with Crippen LogP contribution in [-0.4, -0.2) is 62.5 Å². The number of esters is 1. The molecule has 16 heteroatoms. The highest BCUT2D eigenvalue weighted by Gasteiger charge is 2.66. The van der Waals surface area contributed by atoms with Crippen LogP contribution in [0.5, 0.6) is 5.75 Å². The molecule has 0 spiro atoms. The summed E-state index contributed by atoms with van der Waals surface area (Å²) >= 11 is 0. The number of nitriles is 1. The number of rotatable bonds is 10. The number of para-hydroxylation sites is 1. The summed E-state index contributed by atoms with van der Waals surface area (Å²) in [4.78, 5) is 37.7. The number of carbonyl (C=O) groups is 1. The number of nitrogens with one attached hydrogen (secondary N) is 2. The van der Waals surface area contributed by atoms with E-state index < -0.39 is 67.5 Å². The van der Waals surface area contributed by atoms with Gasteiger partial charge in [0.25, 0.3) is 17.1 Å². The van der Waals surface area contributed by atoms with Crippen molar-refractivity contribution in [2.45, 2.75) is 56.7 Å². The lowest BCUT2D eigenvalue weighted by atomic mass is 10.0. The molecule has 1 aliphatic heterocycles. The van der Waals surface area contributed by atoms with Crippen LogP contribution in [0.15, 0.2) is 52.2 Å². The first-order chi connectivity index (χ1) is 17.7. The number of halogens is 1. The summed E-state index contributed by atoms with van der Waals surface area (Å²) in [5.41, 5.74) is -4.93. The second kappa shape index (κ2) is 11.2. The van der Waals surface area contributed by atoms with E-state index in [2.05, 4.69) is 5.09 Å². The van der Waals surface area contributed by atoms with E-state index >= 15 is 4.39 Å². The van der Waals surface area contributed by atoms with Crippen molar-refractivity contribution in [3.05, 3.63) is 63.4 Å². The van der Waals surface area contributed by atoms with Crippen LogP contribution in [0.1, 0.15) is 20.8 Å². The Labute approximate surface area is 215 Å². The van der Waals surface area contributed by atoms with Crippen LogP contribution >= 0.6 is 7.75 Å². The summed E-state index contributed by atoms with van der Waals surface area (Å²) in [7, 11) is -4.64. The summed E-state index contributed by atoms with van der Waals surface area (Å²) in [6.45, 7) is 3.06. The molecule has 1 saturated heterocycles. The lowest BCUT2D eigenvalue weighted by Gasteiger charge is -2.28. The van der Waals surface area contributed by atoms with Crippen molar-refractivity contribution in [1.82, 2.24) is 14.6 Å². The van der Waals surface area contributed by atoms with Gasteiger partial charge in [-0.05, 0) is 32.9 Å². The van der Waals surface area contributed by atoms with Crippen LogP contribution in [0.4, 0.5) is 4.39 Å². The minimum Gasteiger partial charge on any atom is -0.462 e. The second-order valence-corrected chi connectivity index (χ2v) is 10.3. The number of carbonyl (C=O) groups excluding carboxylic acids is 1. The Morgan fingerprint density at radius 3 is 2.50 bits per heavy atom. The summed E-state index contributed by atoms with van der Waals surface area (Å²) in [6, 6.07) is 8.46. The normalized spacial score (nSPS) is 27.3. The molecular formula is C22H26FN4O10P. The van der Waals surface area contributed by atoms with Crippen LogP contribution in [-0.2, 0) is 29.1 Å². The van der Waals surface area contributed by atoms with Gasteiger partial charge in [-0.2, -0.15) is 10.3 Å². The Morgan fingerprint density at radius 1 is 1.26 bits per heavy atom. The number of hydrogen-bond acceptors (Lipinski definition) is 11. The summed E-state index contributed by atoms with van der Waals surface area (Å²) in [5, 5.41) is 33.0. The minimum atomic E-state index is -4.64. The molecule has 1 unspecified atom stereocenters. The minimum absolute atomic E-state index is 0.000226. The molecule has 38 heavy (non-hydrogen) atoms. The molecule has 0 bridgehead atoms. The highest BCUT2D eigenvalue weighted by atomic mass is 31.2. The van der Waals surface area contributed by atoms with Crippen molar-refractivity contribution >= 4 is 13.7 Å². The number of nitrogens with zero attached hydrogens (tertiary/aromatic N) is 2. The number of alkyl halides is 1. The Morgan fingerprint density at radius 2 is 1.92 bits per heavy atom. The largest absolute Gasteiger partial charge is 0.462 e. The molecule has 1 aromatic carbocycles. The van der Waals surface area contributed by atoms with Crippen molar-refractivity contribution in [3.8, 4) is 11.8 Å². The zero-order chi connectivity index (χ0) is 28.3. The van der Waals surface area contributed by atoms with Gasteiger partial charge in [0.15, 0.2) is 0 Å². The van der Waals surface area contributed by atoms with Crippen molar-refractivity contribution < 1.29 is 42.5 Å². The number of hydrogen-bond donors (Lipinski definition) is 4. The molecule has 1 aliphatic rings. The SMILES string of the molecule is CC(C)OC(=O)[C@H](C)N[P@](=O)(OC[C@@]1(F)O[C@@](C#N)(n2ccc(=O)[nH]c2=O)[C@@H](O)C1O)Oc1ccccc1. The maximum atomic E-state index is 15.9. The van der Waals surface area contributed by atoms with E-state index in [0.717, 1.165) is 12.3 Å². The van der Waals surface area contributed by atoms with Crippen LogP contribution in [0.2, 0.25) is 0 Å². The van der Waals surface area contributed by atoms with E-state index in [0.29, 0.717) is 4.57 Å². The van der Waals surface area contributed by atoms with Crippen molar-refractivity contribution in [2.24, 2.45) is 0 Å². The topological polar surface area (TPSA) is 202 Å². The zero-order valence-corrected chi connectivity index (χ0v) is 21.3. The fraction of sp³-hybridized carbons (Fsp3) is 0.455. The number of aromatic nitrogens is 2. The van der Waals surface area contributed by atoms with Gasteiger partial charge in [-0.1, -0.05) is 18.2 Å². The predicted octanol–water partition coefficient (Wildman–Crippen LogP) is 0.264. The molecule has 0 radical (unpaired) electrons. The van der Waals surface area contributed by atoms with E-state index in [1.165, 1.54) is 37.3 Å². The highest BCUT2D eigenvalue weighted by Crippen LogP contribution is 2.49. The number of H-pyrrole nitrogens is 1. The van der Waals surface area contributed by atoms with E-state index in [-0.39, 0.29) is 5.75 Å². The van der Waals surface area contributed by atoms with Crippen LogP contribution in [0.3, 0.4) is 0 Å². The highest BCUT2D eigenvalue weighted by molar-refractivity contribution is 7.52. The Kier molecular flexibility index (Phi) is 8.57. The maximum Gasteiger partial charge on any atom is 0.459 e. The van der Waals surface area contributed by atoms with Crippen LogP contribution in [0.25, 0.3) is 0 Å². The number of aliphatic hydroxyl groups is 2. The molecule has 0 aliphatic carbocycles. The van der Waals surface area contributed by atoms with Gasteiger partial charge in [0.05, 0.1) is 6.10 Å². The third-order valence-electron chi connectivity index (χ3n) is 5.27. The lowest BCUT2D eigenvalue weighted by Crippen LogP contribution is -2.50. The molecule has 2 heterocycles. The second-order valence-electron chi connectivity index (χ2n) is 8.58. The summed E-state index contributed by atoms with van der Waals surface area (Å²) in [5.74, 6) is -4.26. The molecule has 0 saturated carbocycles. The monoisotopic (exact) mass is 556 g/mol.